The summed E-state index contributed by atoms with van der Waals surface area (Å²) in [4.78, 5) is 43.3. The van der Waals surface area contributed by atoms with Crippen LogP contribution in [0, 0.1) is 11.6 Å². The molecule has 0 unspecified atom stereocenters. The fourth-order valence-electron chi connectivity index (χ4n) is 4.59. The monoisotopic (exact) mass is 568 g/mol. The molecule has 0 spiro atoms. The minimum absolute atomic E-state index is 0.0757. The first-order chi connectivity index (χ1) is 20.2. The van der Waals surface area contributed by atoms with Crippen LogP contribution in [0.4, 0.5) is 8.78 Å². The van der Waals surface area contributed by atoms with Crippen molar-refractivity contribution in [1.29, 1.82) is 0 Å². The molecule has 12 heteroatoms. The molecule has 2 aromatic carbocycles. The number of halogens is 2. The van der Waals surface area contributed by atoms with Crippen LogP contribution >= 0.6 is 0 Å². The molecule has 0 bridgehead atoms. The lowest BCUT2D eigenvalue weighted by molar-refractivity contribution is 0.0990. The lowest BCUT2D eigenvalue weighted by Crippen LogP contribution is -2.40. The zero-order chi connectivity index (χ0) is 29.5. The number of imidazole rings is 1. The average Bonchev–Trinajstić information content (AvgIpc) is 3.62. The molecular weight excluding hydrogens is 546 g/mol. The molecule has 0 saturated carbocycles. The first-order valence-electron chi connectivity index (χ1n) is 12.7. The van der Waals surface area contributed by atoms with Crippen molar-refractivity contribution in [2.75, 3.05) is 0 Å². The molecule has 4 aromatic heterocycles. The predicted octanol–water partition coefficient (Wildman–Crippen LogP) is 4.08. The number of aromatic nitrogens is 6. The Labute approximate surface area is 236 Å². The highest BCUT2D eigenvalue weighted by Crippen LogP contribution is 2.32. The number of hydrogen-bond donors (Lipinski definition) is 0. The highest BCUT2D eigenvalue weighted by molar-refractivity contribution is 5.97. The topological polar surface area (TPSA) is 105 Å². The van der Waals surface area contributed by atoms with Gasteiger partial charge >= 0.3 is 5.69 Å². The minimum atomic E-state index is -0.854. The van der Waals surface area contributed by atoms with Gasteiger partial charge in [-0.05, 0) is 54.1 Å². The number of fused-ring (bicyclic) bond motifs is 1. The Morgan fingerprint density at radius 3 is 2.43 bits per heavy atom. The van der Waals surface area contributed by atoms with Gasteiger partial charge in [-0.15, -0.1) is 0 Å². The molecule has 0 aliphatic rings. The number of rotatable bonds is 7. The van der Waals surface area contributed by atoms with Crippen molar-refractivity contribution in [3.63, 3.8) is 0 Å². The van der Waals surface area contributed by atoms with Crippen LogP contribution in [-0.2, 0) is 20.5 Å². The van der Waals surface area contributed by atoms with Gasteiger partial charge < -0.3 is 13.9 Å². The number of ether oxygens (including phenoxy) is 1. The Morgan fingerprint density at radius 2 is 1.71 bits per heavy atom. The number of carbonyl (C=O) groups excluding carboxylic acids is 1. The zero-order valence-electron chi connectivity index (χ0n) is 22.4. The number of Topliss-reactive ketones (excluding diaryl/α,β-unsaturated/α-hetero) is 1. The number of aryl methyl sites for hydroxylation is 2. The summed E-state index contributed by atoms with van der Waals surface area (Å²) in [5.41, 5.74) is 0.602. The molecular formula is C30H22F2N6O4. The van der Waals surface area contributed by atoms with E-state index in [1.807, 2.05) is 13.2 Å². The van der Waals surface area contributed by atoms with E-state index in [4.69, 9.17) is 4.74 Å². The van der Waals surface area contributed by atoms with E-state index in [-0.39, 0.29) is 23.4 Å². The van der Waals surface area contributed by atoms with Gasteiger partial charge in [0, 0.05) is 44.7 Å². The Kier molecular flexibility index (Phi) is 6.57. The summed E-state index contributed by atoms with van der Waals surface area (Å²) in [5.74, 6) is -1.60. The van der Waals surface area contributed by atoms with Crippen molar-refractivity contribution in [1.82, 2.24) is 28.3 Å². The summed E-state index contributed by atoms with van der Waals surface area (Å²) < 4.78 is 39.9. The maximum Gasteiger partial charge on any atom is 0.335 e. The first-order valence-corrected chi connectivity index (χ1v) is 12.7. The maximum absolute atomic E-state index is 15.2. The number of nitrogens with zero attached hydrogens (tertiary/aromatic N) is 6. The van der Waals surface area contributed by atoms with Gasteiger partial charge in [-0.2, -0.15) is 5.10 Å². The fraction of sp³-hybridized carbons (Fsp3) is 0.100. The summed E-state index contributed by atoms with van der Waals surface area (Å²) in [6.07, 6.45) is 7.72. The molecule has 0 atom stereocenters. The summed E-state index contributed by atoms with van der Waals surface area (Å²) in [5, 5.41) is 4.27. The number of carbonyl (C=O) groups is 1. The minimum Gasteiger partial charge on any atom is -0.452 e. The van der Waals surface area contributed by atoms with Crippen LogP contribution in [0.25, 0.3) is 22.5 Å². The smallest absolute Gasteiger partial charge is 0.335 e. The van der Waals surface area contributed by atoms with Crippen molar-refractivity contribution in [2.24, 2.45) is 14.1 Å². The third kappa shape index (κ3) is 4.89. The van der Waals surface area contributed by atoms with Gasteiger partial charge in [0.2, 0.25) is 0 Å². The van der Waals surface area contributed by atoms with E-state index in [0.29, 0.717) is 28.1 Å². The highest BCUT2D eigenvalue weighted by Gasteiger charge is 2.19. The second kappa shape index (κ2) is 10.4. The Bertz CT molecular complexity index is 2110. The standard InChI is InChI=1S/C30H22F2N6O4/c1-35-16-24(33-17-35)19-13-28(25-9-10-34-37(25)14-19)42-27-8-3-18(11-23(27)32)12-26(39)22-15-36(2)30(41)38(29(22)40)21-6-4-20(31)5-7-21/h3-11,13-17H,12H2,1-2H3. The molecule has 0 aliphatic heterocycles. The van der Waals surface area contributed by atoms with Gasteiger partial charge in [-0.3, -0.25) is 9.59 Å². The van der Waals surface area contributed by atoms with E-state index < -0.39 is 28.7 Å². The molecule has 10 nitrogen and oxygen atoms in total. The quantitative estimate of drug-likeness (QED) is 0.269. The SMILES string of the molecule is Cn1cnc(-c2cc(Oc3ccc(CC(=O)c4cn(C)c(=O)n(-c5ccc(F)cc5)c4=O)cc3F)c3ccnn3c2)c1. The third-order valence-corrected chi connectivity index (χ3v) is 6.69. The summed E-state index contributed by atoms with van der Waals surface area (Å²) in [6.45, 7) is 0. The molecule has 6 rings (SSSR count). The summed E-state index contributed by atoms with van der Waals surface area (Å²) in [6, 6.07) is 12.3. The van der Waals surface area contributed by atoms with Crippen LogP contribution in [0.5, 0.6) is 11.5 Å². The third-order valence-electron chi connectivity index (χ3n) is 6.69. The molecule has 0 fully saturated rings. The molecule has 210 valence electrons. The summed E-state index contributed by atoms with van der Waals surface area (Å²) in [7, 11) is 3.24. The van der Waals surface area contributed by atoms with E-state index in [9.17, 15) is 18.8 Å². The van der Waals surface area contributed by atoms with E-state index in [0.717, 1.165) is 33.5 Å². The highest BCUT2D eigenvalue weighted by atomic mass is 19.1. The lowest BCUT2D eigenvalue weighted by atomic mass is 10.0. The second-order valence-electron chi connectivity index (χ2n) is 9.70. The molecule has 0 N–H and O–H groups in total. The van der Waals surface area contributed by atoms with Gasteiger partial charge in [-0.25, -0.2) is 27.6 Å². The van der Waals surface area contributed by atoms with Crippen molar-refractivity contribution in [2.45, 2.75) is 6.42 Å². The van der Waals surface area contributed by atoms with Gasteiger partial charge in [-0.1, -0.05) is 6.07 Å². The Balaban J connectivity index is 1.28. The normalized spacial score (nSPS) is 11.2. The first kappa shape index (κ1) is 26.6. The van der Waals surface area contributed by atoms with Gasteiger partial charge in [0.1, 0.15) is 16.9 Å². The predicted molar refractivity (Wildman–Crippen MR) is 149 cm³/mol. The molecule has 0 aliphatic carbocycles. The van der Waals surface area contributed by atoms with Crippen LogP contribution < -0.4 is 16.0 Å². The zero-order valence-corrected chi connectivity index (χ0v) is 22.4. The van der Waals surface area contributed by atoms with Gasteiger partial charge in [0.25, 0.3) is 5.56 Å². The van der Waals surface area contributed by atoms with Gasteiger partial charge in [0.15, 0.2) is 23.1 Å². The maximum atomic E-state index is 15.2. The molecule has 0 amide bonds. The summed E-state index contributed by atoms with van der Waals surface area (Å²) >= 11 is 0. The van der Waals surface area contributed by atoms with E-state index in [1.165, 1.54) is 31.3 Å². The van der Waals surface area contributed by atoms with E-state index in [1.54, 1.807) is 39.9 Å². The number of benzene rings is 2. The molecule has 4 heterocycles. The van der Waals surface area contributed by atoms with Crippen LogP contribution in [0.15, 0.2) is 95.3 Å². The van der Waals surface area contributed by atoms with E-state index in [2.05, 4.69) is 10.1 Å². The van der Waals surface area contributed by atoms with Crippen molar-refractivity contribution >= 4 is 11.3 Å². The second-order valence-corrected chi connectivity index (χ2v) is 9.70. The van der Waals surface area contributed by atoms with Crippen LogP contribution in [0.2, 0.25) is 0 Å². The number of ketones is 1. The molecule has 42 heavy (non-hydrogen) atoms. The lowest BCUT2D eigenvalue weighted by Gasteiger charge is -2.12. The van der Waals surface area contributed by atoms with Gasteiger partial charge in [0.05, 0.1) is 23.9 Å². The average molecular weight is 569 g/mol. The molecule has 6 aromatic rings. The number of pyridine rings is 1. The van der Waals surface area contributed by atoms with Crippen molar-refractivity contribution in [3.8, 4) is 28.4 Å². The van der Waals surface area contributed by atoms with Crippen LogP contribution in [0.1, 0.15) is 15.9 Å². The van der Waals surface area contributed by atoms with Crippen molar-refractivity contribution < 1.29 is 18.3 Å². The van der Waals surface area contributed by atoms with Crippen LogP contribution in [-0.4, -0.2) is 34.1 Å². The molecule has 0 radical (unpaired) electrons. The Morgan fingerprint density at radius 1 is 0.929 bits per heavy atom. The molecule has 0 saturated heterocycles. The van der Waals surface area contributed by atoms with E-state index >= 15 is 4.39 Å². The fourth-order valence-corrected chi connectivity index (χ4v) is 4.59. The largest absolute Gasteiger partial charge is 0.452 e. The van der Waals surface area contributed by atoms with Crippen molar-refractivity contribution in [3.05, 3.63) is 129 Å². The van der Waals surface area contributed by atoms with Crippen LogP contribution in [0.3, 0.4) is 0 Å². The Hall–Kier alpha value is -5.65. The number of hydrogen-bond acceptors (Lipinski definition) is 6.